The molecule has 0 radical (unpaired) electrons. The van der Waals surface area contributed by atoms with E-state index in [1.54, 1.807) is 13.2 Å². The van der Waals surface area contributed by atoms with Gasteiger partial charge in [-0.25, -0.2) is 0 Å². The summed E-state index contributed by atoms with van der Waals surface area (Å²) in [6, 6.07) is 0. The van der Waals surface area contributed by atoms with Crippen molar-refractivity contribution in [1.82, 2.24) is 0 Å². The predicted octanol–water partition coefficient (Wildman–Crippen LogP) is 1.46. The first-order chi connectivity index (χ1) is 6.05. The molecule has 0 heterocycles. The van der Waals surface area contributed by atoms with Crippen LogP contribution in [0.1, 0.15) is 26.7 Å². The van der Waals surface area contributed by atoms with Crippen LogP contribution in [0, 0.1) is 0 Å². The maximum atomic E-state index is 9.56. The van der Waals surface area contributed by atoms with E-state index in [4.69, 9.17) is 9.47 Å². The summed E-state index contributed by atoms with van der Waals surface area (Å²) in [6.07, 6.45) is 4.93. The second-order valence-electron chi connectivity index (χ2n) is 3.76. The quantitative estimate of drug-likeness (QED) is 0.535. The molecule has 2 unspecified atom stereocenters. The molecule has 3 nitrogen and oxygen atoms in total. The highest BCUT2D eigenvalue weighted by Gasteiger charge is 2.27. The average Bonchev–Trinajstić information content (AvgIpc) is 2.09. The number of rotatable bonds is 3. The number of aliphatic hydroxyl groups excluding tert-OH is 1. The molecule has 1 N–H and O–H groups in total. The molecule has 3 heteroatoms. The van der Waals surface area contributed by atoms with Crippen LogP contribution in [0.15, 0.2) is 12.2 Å². The van der Waals surface area contributed by atoms with Crippen LogP contribution in [0.5, 0.6) is 0 Å². The topological polar surface area (TPSA) is 38.7 Å². The largest absolute Gasteiger partial charge is 0.386 e. The summed E-state index contributed by atoms with van der Waals surface area (Å²) in [5.74, 6) is -0.614. The summed E-state index contributed by atoms with van der Waals surface area (Å²) >= 11 is 0. The Labute approximate surface area is 79.3 Å². The second-order valence-corrected chi connectivity index (χ2v) is 3.76. The molecule has 1 aliphatic carbocycles. The zero-order valence-corrected chi connectivity index (χ0v) is 8.49. The van der Waals surface area contributed by atoms with Crippen LogP contribution in [0.2, 0.25) is 0 Å². The molecule has 0 aliphatic heterocycles. The fourth-order valence-corrected chi connectivity index (χ4v) is 1.33. The second kappa shape index (κ2) is 4.22. The number of hydrogen-bond acceptors (Lipinski definition) is 3. The zero-order valence-electron chi connectivity index (χ0n) is 8.49. The fraction of sp³-hybridized carbons (Fsp3) is 0.800. The highest BCUT2D eigenvalue weighted by Crippen LogP contribution is 2.21. The van der Waals surface area contributed by atoms with Crippen LogP contribution >= 0.6 is 0 Å². The van der Waals surface area contributed by atoms with Crippen molar-refractivity contribution >= 4 is 0 Å². The van der Waals surface area contributed by atoms with Crippen LogP contribution in [0.4, 0.5) is 0 Å². The van der Waals surface area contributed by atoms with E-state index in [0.29, 0.717) is 0 Å². The van der Waals surface area contributed by atoms with E-state index in [-0.39, 0.29) is 6.10 Å². The predicted molar refractivity (Wildman–Crippen MR) is 50.3 cm³/mol. The van der Waals surface area contributed by atoms with Crippen LogP contribution in [0.3, 0.4) is 0 Å². The van der Waals surface area contributed by atoms with Crippen molar-refractivity contribution in [3.63, 3.8) is 0 Å². The molecule has 0 fully saturated rings. The van der Waals surface area contributed by atoms with Crippen molar-refractivity contribution < 1.29 is 14.6 Å². The van der Waals surface area contributed by atoms with Gasteiger partial charge in [-0.2, -0.15) is 0 Å². The normalized spacial score (nSPS) is 29.2. The van der Waals surface area contributed by atoms with Gasteiger partial charge in [0, 0.05) is 7.11 Å². The third kappa shape index (κ3) is 3.10. The summed E-state index contributed by atoms with van der Waals surface area (Å²) in [5, 5.41) is 9.56. The molecule has 1 aliphatic rings. The summed E-state index contributed by atoms with van der Waals surface area (Å²) < 4.78 is 10.7. The van der Waals surface area contributed by atoms with E-state index in [1.165, 1.54) is 0 Å². The molecule has 0 amide bonds. The van der Waals surface area contributed by atoms with Gasteiger partial charge in [-0.1, -0.05) is 12.2 Å². The van der Waals surface area contributed by atoms with E-state index in [1.807, 2.05) is 19.9 Å². The molecule has 13 heavy (non-hydrogen) atoms. The van der Waals surface area contributed by atoms with Gasteiger partial charge in [-0.3, -0.25) is 0 Å². The maximum absolute atomic E-state index is 9.56. The highest BCUT2D eigenvalue weighted by atomic mass is 16.7. The molecule has 0 aromatic heterocycles. The van der Waals surface area contributed by atoms with Gasteiger partial charge in [0.1, 0.15) is 0 Å². The Morgan fingerprint density at radius 2 is 2.15 bits per heavy atom. The Morgan fingerprint density at radius 3 is 2.69 bits per heavy atom. The minimum absolute atomic E-state index is 0.139. The van der Waals surface area contributed by atoms with E-state index in [2.05, 4.69) is 0 Å². The van der Waals surface area contributed by atoms with E-state index in [9.17, 15) is 5.11 Å². The molecule has 0 spiro atoms. The average molecular weight is 186 g/mol. The fourth-order valence-electron chi connectivity index (χ4n) is 1.33. The number of allylic oxidation sites excluding steroid dienone is 1. The first-order valence-electron chi connectivity index (χ1n) is 4.63. The van der Waals surface area contributed by atoms with Gasteiger partial charge in [0.25, 0.3) is 0 Å². The Hall–Kier alpha value is -0.380. The Balaban J connectivity index is 2.49. The number of hydrogen-bond donors (Lipinski definition) is 1. The molecular formula is C10H18O3. The van der Waals surface area contributed by atoms with Crippen LogP contribution in [-0.4, -0.2) is 30.2 Å². The smallest absolute Gasteiger partial charge is 0.162 e. The first kappa shape index (κ1) is 10.7. The Kier molecular flexibility index (Phi) is 3.47. The van der Waals surface area contributed by atoms with E-state index < -0.39 is 11.9 Å². The van der Waals surface area contributed by atoms with Crippen molar-refractivity contribution in [1.29, 1.82) is 0 Å². The van der Waals surface area contributed by atoms with Crippen molar-refractivity contribution in [3.05, 3.63) is 12.2 Å². The lowest BCUT2D eigenvalue weighted by molar-refractivity contribution is -0.237. The lowest BCUT2D eigenvalue weighted by Crippen LogP contribution is -2.39. The van der Waals surface area contributed by atoms with Crippen LogP contribution in [0.25, 0.3) is 0 Å². The summed E-state index contributed by atoms with van der Waals surface area (Å²) in [7, 11) is 1.60. The van der Waals surface area contributed by atoms with Crippen molar-refractivity contribution in [2.24, 2.45) is 0 Å². The van der Waals surface area contributed by atoms with Crippen molar-refractivity contribution in [3.8, 4) is 0 Å². The third-order valence-corrected chi connectivity index (χ3v) is 2.26. The number of aliphatic hydroxyl groups is 1. The minimum atomic E-state index is -0.614. The Bertz CT molecular complexity index is 187. The van der Waals surface area contributed by atoms with Gasteiger partial charge in [0.15, 0.2) is 5.79 Å². The molecule has 0 aromatic rings. The van der Waals surface area contributed by atoms with E-state index >= 15 is 0 Å². The van der Waals surface area contributed by atoms with Gasteiger partial charge >= 0.3 is 0 Å². The van der Waals surface area contributed by atoms with Crippen LogP contribution in [-0.2, 0) is 9.47 Å². The molecule has 2 atom stereocenters. The molecular weight excluding hydrogens is 168 g/mol. The van der Waals surface area contributed by atoms with Crippen molar-refractivity contribution in [2.45, 2.75) is 44.7 Å². The SMILES string of the molecule is COC(C)(C)OC1CCC=CC1O. The monoisotopic (exact) mass is 186 g/mol. The molecule has 0 saturated carbocycles. The van der Waals surface area contributed by atoms with Gasteiger partial charge in [-0.05, 0) is 26.7 Å². The summed E-state index contributed by atoms with van der Waals surface area (Å²) in [5.41, 5.74) is 0. The standard InChI is InChI=1S/C10H18O3/c1-10(2,12-3)13-9-7-5-4-6-8(9)11/h4,6,8-9,11H,5,7H2,1-3H3. The van der Waals surface area contributed by atoms with E-state index in [0.717, 1.165) is 12.8 Å². The molecule has 0 aromatic carbocycles. The number of ether oxygens (including phenoxy) is 2. The van der Waals surface area contributed by atoms with Crippen LogP contribution < -0.4 is 0 Å². The number of methoxy groups -OCH3 is 1. The molecule has 0 saturated heterocycles. The molecule has 76 valence electrons. The molecule has 1 rings (SSSR count). The van der Waals surface area contributed by atoms with Crippen molar-refractivity contribution in [2.75, 3.05) is 7.11 Å². The summed E-state index contributed by atoms with van der Waals surface area (Å²) in [4.78, 5) is 0. The van der Waals surface area contributed by atoms with Gasteiger partial charge in [-0.15, -0.1) is 0 Å². The van der Waals surface area contributed by atoms with Gasteiger partial charge in [0.2, 0.25) is 0 Å². The Morgan fingerprint density at radius 1 is 1.46 bits per heavy atom. The first-order valence-corrected chi connectivity index (χ1v) is 4.63. The zero-order chi connectivity index (χ0) is 9.90. The summed E-state index contributed by atoms with van der Waals surface area (Å²) in [6.45, 7) is 3.69. The third-order valence-electron chi connectivity index (χ3n) is 2.26. The lowest BCUT2D eigenvalue weighted by atomic mass is 10.0. The minimum Gasteiger partial charge on any atom is -0.386 e. The van der Waals surface area contributed by atoms with Gasteiger partial charge < -0.3 is 14.6 Å². The highest BCUT2D eigenvalue weighted by molar-refractivity contribution is 4.98. The van der Waals surface area contributed by atoms with Gasteiger partial charge in [0.05, 0.1) is 12.2 Å². The molecule has 0 bridgehead atoms. The lowest BCUT2D eigenvalue weighted by Gasteiger charge is -2.32. The maximum Gasteiger partial charge on any atom is 0.162 e.